The lowest BCUT2D eigenvalue weighted by Gasteiger charge is -2.36. The summed E-state index contributed by atoms with van der Waals surface area (Å²) in [7, 11) is 2.03. The van der Waals surface area contributed by atoms with Gasteiger partial charge in [0.15, 0.2) is 0 Å². The quantitative estimate of drug-likeness (QED) is 0.858. The summed E-state index contributed by atoms with van der Waals surface area (Å²) >= 11 is 5.83. The van der Waals surface area contributed by atoms with Crippen molar-refractivity contribution in [1.82, 2.24) is 14.9 Å². The van der Waals surface area contributed by atoms with Crippen molar-refractivity contribution in [3.8, 4) is 0 Å². The van der Waals surface area contributed by atoms with E-state index in [4.69, 9.17) is 11.6 Å². The van der Waals surface area contributed by atoms with Crippen molar-refractivity contribution in [1.29, 1.82) is 0 Å². The average Bonchev–Trinajstić information content (AvgIpc) is 2.58. The number of benzene rings is 1. The molecular formula is C17H20ClFN4. The predicted octanol–water partition coefficient (Wildman–Crippen LogP) is 3.37. The Bertz CT molecular complexity index is 624. The van der Waals surface area contributed by atoms with Gasteiger partial charge in [0.25, 0.3) is 0 Å². The molecule has 6 heteroatoms. The van der Waals surface area contributed by atoms with Crippen molar-refractivity contribution in [2.24, 2.45) is 0 Å². The van der Waals surface area contributed by atoms with E-state index in [0.29, 0.717) is 17.0 Å². The van der Waals surface area contributed by atoms with E-state index in [-0.39, 0.29) is 5.82 Å². The van der Waals surface area contributed by atoms with E-state index in [9.17, 15) is 4.39 Å². The van der Waals surface area contributed by atoms with Crippen molar-refractivity contribution >= 4 is 17.5 Å². The summed E-state index contributed by atoms with van der Waals surface area (Å²) in [5, 5.41) is 0.552. The molecule has 23 heavy (non-hydrogen) atoms. The minimum Gasteiger partial charge on any atom is -0.341 e. The minimum absolute atomic E-state index is 0.183. The van der Waals surface area contributed by atoms with Crippen LogP contribution in [0.2, 0.25) is 5.02 Å². The number of nitrogens with zero attached hydrogens (tertiary/aromatic N) is 4. The molecule has 0 aliphatic carbocycles. The second kappa shape index (κ2) is 7.23. The van der Waals surface area contributed by atoms with Crippen molar-refractivity contribution in [3.05, 3.63) is 53.1 Å². The van der Waals surface area contributed by atoms with Crippen LogP contribution in [0.4, 0.5) is 10.3 Å². The summed E-state index contributed by atoms with van der Waals surface area (Å²) in [6.45, 7) is 2.90. The van der Waals surface area contributed by atoms with Crippen LogP contribution in [-0.2, 0) is 6.54 Å². The first kappa shape index (κ1) is 16.1. The number of anilines is 1. The lowest BCUT2D eigenvalue weighted by molar-refractivity contribution is 0.203. The Kier molecular flexibility index (Phi) is 5.08. The molecule has 2 aromatic rings. The second-order valence-electron chi connectivity index (χ2n) is 5.95. The van der Waals surface area contributed by atoms with Crippen LogP contribution < -0.4 is 4.90 Å². The van der Waals surface area contributed by atoms with E-state index in [2.05, 4.69) is 19.8 Å². The molecule has 0 unspecified atom stereocenters. The fraction of sp³-hybridized carbons (Fsp3) is 0.412. The number of hydrogen-bond acceptors (Lipinski definition) is 4. The Labute approximate surface area is 140 Å². The zero-order chi connectivity index (χ0) is 16.2. The van der Waals surface area contributed by atoms with Gasteiger partial charge in [0.2, 0.25) is 5.95 Å². The first-order valence-electron chi connectivity index (χ1n) is 7.79. The number of piperidine rings is 1. The molecule has 4 nitrogen and oxygen atoms in total. The fourth-order valence-electron chi connectivity index (χ4n) is 2.96. The molecule has 122 valence electrons. The SMILES string of the molecule is CN(c1ncc(Cl)cn1)C1CCN(Cc2ccc(F)cc2)CC1. The summed E-state index contributed by atoms with van der Waals surface area (Å²) in [6.07, 6.45) is 5.38. The van der Waals surface area contributed by atoms with Crippen LogP contribution in [0.3, 0.4) is 0 Å². The summed E-state index contributed by atoms with van der Waals surface area (Å²) in [4.78, 5) is 13.1. The highest BCUT2D eigenvalue weighted by atomic mass is 35.5. The Morgan fingerprint density at radius 1 is 1.17 bits per heavy atom. The van der Waals surface area contributed by atoms with Gasteiger partial charge in [-0.1, -0.05) is 23.7 Å². The predicted molar refractivity (Wildman–Crippen MR) is 90.1 cm³/mol. The number of hydrogen-bond donors (Lipinski definition) is 0. The van der Waals surface area contributed by atoms with Gasteiger partial charge in [0.1, 0.15) is 5.82 Å². The second-order valence-corrected chi connectivity index (χ2v) is 6.38. The van der Waals surface area contributed by atoms with Crippen LogP contribution in [0, 0.1) is 5.82 Å². The third kappa shape index (κ3) is 4.18. The van der Waals surface area contributed by atoms with Crippen LogP contribution in [-0.4, -0.2) is 41.0 Å². The molecule has 1 fully saturated rings. The molecule has 0 radical (unpaired) electrons. The normalized spacial score (nSPS) is 16.5. The fourth-order valence-corrected chi connectivity index (χ4v) is 3.06. The first-order chi connectivity index (χ1) is 11.1. The van der Waals surface area contributed by atoms with Crippen LogP contribution >= 0.6 is 11.6 Å². The minimum atomic E-state index is -0.183. The topological polar surface area (TPSA) is 32.3 Å². The van der Waals surface area contributed by atoms with E-state index in [1.54, 1.807) is 12.4 Å². The standard InChI is InChI=1S/C17H20ClFN4/c1-22(17-20-10-14(18)11-21-17)16-6-8-23(9-7-16)12-13-2-4-15(19)5-3-13/h2-5,10-11,16H,6-9,12H2,1H3. The van der Waals surface area contributed by atoms with Crippen molar-refractivity contribution in [2.45, 2.75) is 25.4 Å². The summed E-state index contributed by atoms with van der Waals surface area (Å²) in [6, 6.07) is 7.19. The van der Waals surface area contributed by atoms with E-state index in [0.717, 1.165) is 38.0 Å². The molecule has 0 N–H and O–H groups in total. The van der Waals surface area contributed by atoms with Gasteiger partial charge in [0.05, 0.1) is 17.4 Å². The van der Waals surface area contributed by atoms with Gasteiger partial charge in [-0.05, 0) is 30.5 Å². The monoisotopic (exact) mass is 334 g/mol. The average molecular weight is 335 g/mol. The summed E-state index contributed by atoms with van der Waals surface area (Å²) in [5.41, 5.74) is 1.15. The molecule has 0 bridgehead atoms. The van der Waals surface area contributed by atoms with Gasteiger partial charge in [0, 0.05) is 32.7 Å². The Morgan fingerprint density at radius 2 is 1.78 bits per heavy atom. The molecule has 2 heterocycles. The number of halogens is 2. The molecule has 0 atom stereocenters. The van der Waals surface area contributed by atoms with E-state index in [1.165, 1.54) is 12.1 Å². The molecule has 3 rings (SSSR count). The van der Waals surface area contributed by atoms with E-state index in [1.807, 2.05) is 19.2 Å². The largest absolute Gasteiger partial charge is 0.341 e. The van der Waals surface area contributed by atoms with Gasteiger partial charge in [-0.15, -0.1) is 0 Å². The van der Waals surface area contributed by atoms with Crippen LogP contribution in [0.1, 0.15) is 18.4 Å². The van der Waals surface area contributed by atoms with Crippen molar-refractivity contribution in [2.75, 3.05) is 25.0 Å². The molecule has 0 saturated carbocycles. The zero-order valence-corrected chi connectivity index (χ0v) is 13.9. The molecule has 1 aliphatic heterocycles. The summed E-state index contributed by atoms with van der Waals surface area (Å²) in [5.74, 6) is 0.531. The van der Waals surface area contributed by atoms with Crippen LogP contribution in [0.25, 0.3) is 0 Å². The Morgan fingerprint density at radius 3 is 2.39 bits per heavy atom. The maximum atomic E-state index is 13.0. The highest BCUT2D eigenvalue weighted by molar-refractivity contribution is 6.30. The van der Waals surface area contributed by atoms with Gasteiger partial charge in [-0.3, -0.25) is 4.90 Å². The third-order valence-corrected chi connectivity index (χ3v) is 4.54. The number of likely N-dealkylation sites (tertiary alicyclic amines) is 1. The molecule has 1 aromatic heterocycles. The van der Waals surface area contributed by atoms with Gasteiger partial charge in [-0.25, -0.2) is 14.4 Å². The lowest BCUT2D eigenvalue weighted by atomic mass is 10.0. The highest BCUT2D eigenvalue weighted by Crippen LogP contribution is 2.21. The van der Waals surface area contributed by atoms with Gasteiger partial charge in [-0.2, -0.15) is 0 Å². The molecule has 0 spiro atoms. The Balaban J connectivity index is 1.53. The highest BCUT2D eigenvalue weighted by Gasteiger charge is 2.23. The maximum Gasteiger partial charge on any atom is 0.225 e. The zero-order valence-electron chi connectivity index (χ0n) is 13.1. The Hall–Kier alpha value is -1.72. The van der Waals surface area contributed by atoms with Gasteiger partial charge < -0.3 is 4.90 Å². The molecule has 1 aromatic carbocycles. The molecular weight excluding hydrogens is 315 g/mol. The van der Waals surface area contributed by atoms with Gasteiger partial charge >= 0.3 is 0 Å². The van der Waals surface area contributed by atoms with Crippen molar-refractivity contribution in [3.63, 3.8) is 0 Å². The van der Waals surface area contributed by atoms with Crippen LogP contribution in [0.5, 0.6) is 0 Å². The first-order valence-corrected chi connectivity index (χ1v) is 8.17. The third-order valence-electron chi connectivity index (χ3n) is 4.35. The smallest absolute Gasteiger partial charge is 0.225 e. The van der Waals surface area contributed by atoms with Crippen LogP contribution in [0.15, 0.2) is 36.7 Å². The van der Waals surface area contributed by atoms with Crippen molar-refractivity contribution < 1.29 is 4.39 Å². The molecule has 1 saturated heterocycles. The number of rotatable bonds is 4. The molecule has 1 aliphatic rings. The summed E-state index contributed by atoms with van der Waals surface area (Å²) < 4.78 is 13.0. The molecule has 0 amide bonds. The van der Waals surface area contributed by atoms with E-state index >= 15 is 0 Å². The van der Waals surface area contributed by atoms with E-state index < -0.39 is 0 Å². The maximum absolute atomic E-state index is 13.0. The number of aromatic nitrogens is 2. The lowest BCUT2D eigenvalue weighted by Crippen LogP contribution is -2.43.